The van der Waals surface area contributed by atoms with Gasteiger partial charge in [0.15, 0.2) is 5.13 Å². The summed E-state index contributed by atoms with van der Waals surface area (Å²) in [5.74, 6) is -0.509. The Morgan fingerprint density at radius 3 is 2.62 bits per heavy atom. The first kappa shape index (κ1) is 18.8. The van der Waals surface area contributed by atoms with Gasteiger partial charge in [0.1, 0.15) is 5.82 Å². The summed E-state index contributed by atoms with van der Waals surface area (Å²) in [7, 11) is 4.09. The molecule has 0 saturated carbocycles. The maximum Gasteiger partial charge on any atom is 0.260 e. The van der Waals surface area contributed by atoms with Gasteiger partial charge in [-0.1, -0.05) is 11.3 Å². The van der Waals surface area contributed by atoms with Crippen molar-refractivity contribution in [1.29, 1.82) is 0 Å². The molecule has 7 heteroatoms. The number of aromatic nitrogens is 1. The topological polar surface area (TPSA) is 37.6 Å². The lowest BCUT2D eigenvalue weighted by Crippen LogP contribution is -3.06. The summed E-state index contributed by atoms with van der Waals surface area (Å²) in [5, 5.41) is 0.675. The molecule has 0 aliphatic heterocycles. The van der Waals surface area contributed by atoms with Gasteiger partial charge in [0, 0.05) is 10.5 Å². The van der Waals surface area contributed by atoms with Crippen LogP contribution in [-0.2, 0) is 0 Å². The average molecular weight is 391 g/mol. The van der Waals surface area contributed by atoms with E-state index in [0.29, 0.717) is 17.2 Å². The summed E-state index contributed by atoms with van der Waals surface area (Å²) < 4.78 is 14.3. The highest BCUT2D eigenvalue weighted by molar-refractivity contribution is 7.98. The standard InChI is InChI=1S/C19H20FN3OS2/c1-22(2)10-11-23(18(24)13-4-6-14(20)7-5-13)19-21-16-9-8-15(25-3)12-17(16)26-19/h4-9,12H,10-11H2,1-3H3/p+1. The molecule has 0 spiro atoms. The van der Waals surface area contributed by atoms with E-state index in [1.54, 1.807) is 16.7 Å². The molecule has 1 heterocycles. The number of benzene rings is 2. The van der Waals surface area contributed by atoms with Crippen molar-refractivity contribution in [3.05, 3.63) is 53.8 Å². The van der Waals surface area contributed by atoms with E-state index in [-0.39, 0.29) is 11.7 Å². The lowest BCUT2D eigenvalue weighted by Gasteiger charge is -2.20. The lowest BCUT2D eigenvalue weighted by atomic mass is 10.2. The third-order valence-electron chi connectivity index (χ3n) is 3.99. The zero-order chi connectivity index (χ0) is 18.7. The number of likely N-dealkylation sites (N-methyl/N-ethyl adjacent to an activating group) is 1. The number of anilines is 1. The first-order valence-electron chi connectivity index (χ1n) is 8.29. The monoisotopic (exact) mass is 390 g/mol. The Morgan fingerprint density at radius 2 is 1.96 bits per heavy atom. The zero-order valence-electron chi connectivity index (χ0n) is 15.0. The molecule has 1 N–H and O–H groups in total. The quantitative estimate of drug-likeness (QED) is 0.658. The van der Waals surface area contributed by atoms with Gasteiger partial charge in [-0.05, 0) is 48.7 Å². The molecule has 0 fully saturated rings. The van der Waals surface area contributed by atoms with Gasteiger partial charge in [-0.2, -0.15) is 0 Å². The minimum Gasteiger partial charge on any atom is -0.338 e. The second-order valence-corrected chi connectivity index (χ2v) is 8.14. The number of fused-ring (bicyclic) bond motifs is 1. The Labute approximate surface area is 160 Å². The smallest absolute Gasteiger partial charge is 0.260 e. The summed E-state index contributed by atoms with van der Waals surface area (Å²) in [6.45, 7) is 1.34. The Kier molecular flexibility index (Phi) is 5.90. The molecule has 0 saturated heterocycles. The third-order valence-corrected chi connectivity index (χ3v) is 5.75. The zero-order valence-corrected chi connectivity index (χ0v) is 16.6. The van der Waals surface area contributed by atoms with E-state index in [2.05, 4.69) is 11.1 Å². The van der Waals surface area contributed by atoms with Crippen LogP contribution >= 0.6 is 23.1 Å². The highest BCUT2D eigenvalue weighted by Gasteiger charge is 2.22. The van der Waals surface area contributed by atoms with E-state index in [4.69, 9.17) is 0 Å². The van der Waals surface area contributed by atoms with Crippen molar-refractivity contribution in [2.24, 2.45) is 0 Å². The van der Waals surface area contributed by atoms with Gasteiger partial charge in [0.25, 0.3) is 5.91 Å². The van der Waals surface area contributed by atoms with Gasteiger partial charge in [-0.15, -0.1) is 11.8 Å². The molecule has 2 aromatic carbocycles. The van der Waals surface area contributed by atoms with E-state index in [1.807, 2.05) is 32.5 Å². The van der Waals surface area contributed by atoms with Crippen molar-refractivity contribution in [1.82, 2.24) is 4.98 Å². The molecule has 0 bridgehead atoms. The molecule has 0 unspecified atom stereocenters. The van der Waals surface area contributed by atoms with E-state index in [1.165, 1.54) is 45.4 Å². The number of carbonyl (C=O) groups excluding carboxylic acids is 1. The second-order valence-electron chi connectivity index (χ2n) is 6.25. The molecular formula is C19H21FN3OS2+. The second kappa shape index (κ2) is 8.16. The molecule has 3 rings (SSSR count). The molecule has 0 radical (unpaired) electrons. The number of hydrogen-bond acceptors (Lipinski definition) is 4. The normalized spacial score (nSPS) is 11.3. The molecule has 0 aliphatic carbocycles. The predicted octanol–water partition coefficient (Wildman–Crippen LogP) is 2.95. The van der Waals surface area contributed by atoms with Crippen molar-refractivity contribution in [2.45, 2.75) is 4.90 Å². The van der Waals surface area contributed by atoms with Crippen molar-refractivity contribution < 1.29 is 14.1 Å². The van der Waals surface area contributed by atoms with Crippen molar-refractivity contribution in [3.8, 4) is 0 Å². The van der Waals surface area contributed by atoms with E-state index >= 15 is 0 Å². The summed E-state index contributed by atoms with van der Waals surface area (Å²) in [4.78, 5) is 21.8. The number of amides is 1. The summed E-state index contributed by atoms with van der Waals surface area (Å²) >= 11 is 3.19. The largest absolute Gasteiger partial charge is 0.338 e. The number of nitrogens with zero attached hydrogens (tertiary/aromatic N) is 2. The fourth-order valence-electron chi connectivity index (χ4n) is 2.50. The Balaban J connectivity index is 1.97. The van der Waals surface area contributed by atoms with Crippen molar-refractivity contribution in [2.75, 3.05) is 38.3 Å². The number of thioether (sulfide) groups is 1. The summed E-state index contributed by atoms with van der Waals surface area (Å²) in [5.41, 5.74) is 1.35. The van der Waals surface area contributed by atoms with Crippen LogP contribution in [0.4, 0.5) is 9.52 Å². The van der Waals surface area contributed by atoms with E-state index < -0.39 is 0 Å². The minimum atomic E-state index is -0.351. The molecule has 0 aliphatic rings. The van der Waals surface area contributed by atoms with Crippen LogP contribution in [0.1, 0.15) is 10.4 Å². The molecule has 136 valence electrons. The molecule has 3 aromatic rings. The van der Waals surface area contributed by atoms with Crippen LogP contribution < -0.4 is 9.80 Å². The van der Waals surface area contributed by atoms with Gasteiger partial charge >= 0.3 is 0 Å². The van der Waals surface area contributed by atoms with Crippen molar-refractivity contribution >= 4 is 44.4 Å². The van der Waals surface area contributed by atoms with Gasteiger partial charge in [-0.3, -0.25) is 9.69 Å². The van der Waals surface area contributed by atoms with Gasteiger partial charge < -0.3 is 4.90 Å². The molecule has 0 atom stereocenters. The summed E-state index contributed by atoms with van der Waals surface area (Å²) in [6.07, 6.45) is 2.04. The molecule has 1 amide bonds. The molecule has 26 heavy (non-hydrogen) atoms. The number of hydrogen-bond donors (Lipinski definition) is 1. The van der Waals surface area contributed by atoms with Gasteiger partial charge in [0.2, 0.25) is 0 Å². The SMILES string of the molecule is CSc1ccc2nc(N(CC[NH+](C)C)C(=O)c3ccc(F)cc3)sc2c1. The van der Waals surface area contributed by atoms with Crippen LogP contribution in [0, 0.1) is 5.82 Å². The number of thiazole rings is 1. The van der Waals surface area contributed by atoms with E-state index in [0.717, 1.165) is 16.8 Å². The Hall–Kier alpha value is -1.96. The first-order valence-corrected chi connectivity index (χ1v) is 10.3. The van der Waals surface area contributed by atoms with Gasteiger partial charge in [0.05, 0.1) is 37.4 Å². The number of nitrogens with one attached hydrogen (secondary N) is 1. The number of quaternary nitrogens is 1. The van der Waals surface area contributed by atoms with Crippen LogP contribution in [0.2, 0.25) is 0 Å². The average Bonchev–Trinajstić information content (AvgIpc) is 3.04. The minimum absolute atomic E-state index is 0.157. The number of halogens is 1. The Bertz CT molecular complexity index is 909. The van der Waals surface area contributed by atoms with Gasteiger partial charge in [-0.25, -0.2) is 9.37 Å². The van der Waals surface area contributed by atoms with Crippen LogP contribution in [0.3, 0.4) is 0 Å². The van der Waals surface area contributed by atoms with Crippen molar-refractivity contribution in [3.63, 3.8) is 0 Å². The predicted molar refractivity (Wildman–Crippen MR) is 107 cm³/mol. The maximum atomic E-state index is 13.2. The fraction of sp³-hybridized carbons (Fsp3) is 0.263. The van der Waals surface area contributed by atoms with Crippen LogP contribution in [0.15, 0.2) is 47.4 Å². The Morgan fingerprint density at radius 1 is 1.23 bits per heavy atom. The van der Waals surface area contributed by atoms with Crippen LogP contribution in [-0.4, -0.2) is 44.3 Å². The van der Waals surface area contributed by atoms with Crippen LogP contribution in [0.25, 0.3) is 10.2 Å². The fourth-order valence-corrected chi connectivity index (χ4v) is 4.05. The third kappa shape index (κ3) is 4.23. The van der Waals surface area contributed by atoms with E-state index in [9.17, 15) is 9.18 Å². The lowest BCUT2D eigenvalue weighted by molar-refractivity contribution is -0.856. The molecular weight excluding hydrogens is 369 g/mol. The molecule has 1 aromatic heterocycles. The highest BCUT2D eigenvalue weighted by Crippen LogP contribution is 2.32. The molecule has 4 nitrogen and oxygen atoms in total. The maximum absolute atomic E-state index is 13.2. The van der Waals surface area contributed by atoms with Crippen LogP contribution in [0.5, 0.6) is 0 Å². The first-order chi connectivity index (χ1) is 12.5. The highest BCUT2D eigenvalue weighted by atomic mass is 32.2. The summed E-state index contributed by atoms with van der Waals surface area (Å²) in [6, 6.07) is 11.8. The number of rotatable bonds is 6. The number of carbonyl (C=O) groups is 1.